The fourth-order valence-electron chi connectivity index (χ4n) is 8.88. The molecule has 0 spiro atoms. The van der Waals surface area contributed by atoms with Crippen molar-refractivity contribution < 1.29 is 4.42 Å². The van der Waals surface area contributed by atoms with Crippen molar-refractivity contribution in [3.63, 3.8) is 0 Å². The van der Waals surface area contributed by atoms with E-state index in [2.05, 4.69) is 95.6 Å². The first-order valence-electron chi connectivity index (χ1n) is 19.7. The third-order valence-electron chi connectivity index (χ3n) is 11.7. The van der Waals surface area contributed by atoms with E-state index in [1.807, 2.05) is 72.8 Å². The van der Waals surface area contributed by atoms with Gasteiger partial charge in [0.2, 0.25) is 0 Å². The highest BCUT2D eigenvalue weighted by Crippen LogP contribution is 2.41. The van der Waals surface area contributed by atoms with Crippen LogP contribution >= 0.6 is 0 Å². The number of para-hydroxylation sites is 1. The maximum absolute atomic E-state index is 6.49. The number of hydrogen-bond donors (Lipinski definition) is 0. The van der Waals surface area contributed by atoms with Crippen LogP contribution in [0.5, 0.6) is 0 Å². The van der Waals surface area contributed by atoms with Crippen LogP contribution in [0.1, 0.15) is 43.6 Å². The zero-order valence-electron chi connectivity index (χ0n) is 30.9. The molecule has 0 amide bonds. The molecule has 11 rings (SSSR count). The Bertz CT molecular complexity index is 2990. The van der Waals surface area contributed by atoms with E-state index in [-0.39, 0.29) is 0 Å². The van der Waals surface area contributed by atoms with Gasteiger partial charge in [0.15, 0.2) is 17.5 Å². The van der Waals surface area contributed by atoms with E-state index < -0.39 is 0 Å². The van der Waals surface area contributed by atoms with E-state index in [0.29, 0.717) is 23.4 Å². The smallest absolute Gasteiger partial charge is 0.164 e. The number of nitrogens with zero attached hydrogens (tertiary/aromatic N) is 4. The Kier molecular flexibility index (Phi) is 7.83. The molecule has 0 saturated heterocycles. The molecule has 5 heteroatoms. The Morgan fingerprint density at radius 1 is 0.446 bits per heavy atom. The van der Waals surface area contributed by atoms with E-state index in [1.54, 1.807) is 0 Å². The largest absolute Gasteiger partial charge is 0.456 e. The van der Waals surface area contributed by atoms with Crippen molar-refractivity contribution >= 4 is 43.7 Å². The van der Waals surface area contributed by atoms with E-state index in [9.17, 15) is 0 Å². The van der Waals surface area contributed by atoms with Gasteiger partial charge in [-0.25, -0.2) is 15.0 Å². The van der Waals surface area contributed by atoms with Crippen molar-refractivity contribution in [2.45, 2.75) is 38.0 Å². The zero-order valence-corrected chi connectivity index (χ0v) is 30.9. The van der Waals surface area contributed by atoms with Crippen LogP contribution in [0.15, 0.2) is 168 Å². The van der Waals surface area contributed by atoms with Gasteiger partial charge in [0.1, 0.15) is 11.2 Å². The Balaban J connectivity index is 1.04. The number of hydrogen-bond acceptors (Lipinski definition) is 4. The van der Waals surface area contributed by atoms with Crippen LogP contribution in [-0.4, -0.2) is 19.5 Å². The third-order valence-corrected chi connectivity index (χ3v) is 11.7. The molecule has 7 aromatic carbocycles. The molecule has 1 saturated carbocycles. The first-order chi connectivity index (χ1) is 27.7. The summed E-state index contributed by atoms with van der Waals surface area (Å²) in [6, 6.07) is 57.9. The molecule has 1 fully saturated rings. The lowest BCUT2D eigenvalue weighted by atomic mass is 9.84. The van der Waals surface area contributed by atoms with Crippen molar-refractivity contribution in [1.82, 2.24) is 19.5 Å². The number of benzene rings is 7. The zero-order chi connectivity index (χ0) is 37.0. The van der Waals surface area contributed by atoms with Crippen molar-refractivity contribution in [1.29, 1.82) is 0 Å². The summed E-state index contributed by atoms with van der Waals surface area (Å²) < 4.78 is 8.90. The second-order valence-electron chi connectivity index (χ2n) is 15.0. The second kappa shape index (κ2) is 13.5. The van der Waals surface area contributed by atoms with Crippen LogP contribution in [0, 0.1) is 0 Å². The molecule has 0 N–H and O–H groups in total. The fourth-order valence-corrected chi connectivity index (χ4v) is 8.88. The minimum absolute atomic E-state index is 0.609. The molecule has 1 aliphatic rings. The van der Waals surface area contributed by atoms with Crippen LogP contribution < -0.4 is 0 Å². The summed E-state index contributed by atoms with van der Waals surface area (Å²) in [5.74, 6) is 2.56. The highest BCUT2D eigenvalue weighted by molar-refractivity contribution is 6.14. The molecule has 3 aromatic heterocycles. The summed E-state index contributed by atoms with van der Waals surface area (Å²) in [5.41, 5.74) is 11.8. The Morgan fingerprint density at radius 2 is 1.07 bits per heavy atom. The quantitative estimate of drug-likeness (QED) is 0.171. The average Bonchev–Trinajstić information content (AvgIpc) is 3.82. The number of rotatable bonds is 6. The minimum atomic E-state index is 0.609. The topological polar surface area (TPSA) is 56.7 Å². The van der Waals surface area contributed by atoms with Gasteiger partial charge >= 0.3 is 0 Å². The van der Waals surface area contributed by atoms with Gasteiger partial charge in [0.25, 0.3) is 0 Å². The van der Waals surface area contributed by atoms with Gasteiger partial charge in [0, 0.05) is 43.9 Å². The van der Waals surface area contributed by atoms with Gasteiger partial charge in [-0.15, -0.1) is 0 Å². The van der Waals surface area contributed by atoms with Crippen molar-refractivity contribution in [2.75, 3.05) is 0 Å². The van der Waals surface area contributed by atoms with Crippen LogP contribution in [-0.2, 0) is 0 Å². The maximum atomic E-state index is 6.49. The highest BCUT2D eigenvalue weighted by Gasteiger charge is 2.20. The van der Waals surface area contributed by atoms with Gasteiger partial charge < -0.3 is 8.98 Å². The lowest BCUT2D eigenvalue weighted by Crippen LogP contribution is -2.04. The summed E-state index contributed by atoms with van der Waals surface area (Å²) in [4.78, 5) is 15.1. The van der Waals surface area contributed by atoms with Gasteiger partial charge in [-0.2, -0.15) is 0 Å². The standard InChI is InChI=1S/C51H38N4O/c1-4-13-33(14-5-1)34-23-27-39(28-24-34)55-44-21-11-10-19-40(44)42-31-37(25-29-45(42)55)38-26-30-46-43(32-38)48-41(20-12-22-47(48)56-46)51-53-49(35-15-6-2-7-16-35)52-50(54-51)36-17-8-3-9-18-36/h2-3,6-12,15-33H,1,4-5,13-14H2. The molecule has 1 aliphatic carbocycles. The van der Waals surface area contributed by atoms with Gasteiger partial charge in [-0.05, 0) is 84.0 Å². The molecule has 56 heavy (non-hydrogen) atoms. The Labute approximate surface area is 324 Å². The van der Waals surface area contributed by atoms with Crippen LogP contribution in [0.4, 0.5) is 0 Å². The number of furan rings is 1. The summed E-state index contributed by atoms with van der Waals surface area (Å²) in [7, 11) is 0. The van der Waals surface area contributed by atoms with Crippen LogP contribution in [0.3, 0.4) is 0 Å². The Hall–Kier alpha value is -6.85. The predicted molar refractivity (Wildman–Crippen MR) is 229 cm³/mol. The van der Waals surface area contributed by atoms with E-state index in [1.165, 1.54) is 65.2 Å². The number of fused-ring (bicyclic) bond motifs is 6. The van der Waals surface area contributed by atoms with Crippen molar-refractivity contribution in [3.05, 3.63) is 169 Å². The molecule has 0 unspecified atom stereocenters. The van der Waals surface area contributed by atoms with Gasteiger partial charge in [-0.3, -0.25) is 0 Å². The molecule has 0 radical (unpaired) electrons. The first kappa shape index (κ1) is 32.6. The lowest BCUT2D eigenvalue weighted by Gasteiger charge is -2.22. The summed E-state index contributed by atoms with van der Waals surface area (Å²) in [6.07, 6.45) is 6.67. The molecule has 268 valence electrons. The minimum Gasteiger partial charge on any atom is -0.456 e. The average molecular weight is 723 g/mol. The lowest BCUT2D eigenvalue weighted by molar-refractivity contribution is 0.443. The fraction of sp³-hybridized carbons (Fsp3) is 0.118. The molecule has 10 aromatic rings. The first-order valence-corrected chi connectivity index (χ1v) is 19.7. The summed E-state index contributed by atoms with van der Waals surface area (Å²) in [6.45, 7) is 0. The normalized spacial score (nSPS) is 13.6. The maximum Gasteiger partial charge on any atom is 0.164 e. The van der Waals surface area contributed by atoms with E-state index in [0.717, 1.165) is 49.8 Å². The van der Waals surface area contributed by atoms with E-state index in [4.69, 9.17) is 19.4 Å². The van der Waals surface area contributed by atoms with Gasteiger partial charge in [0.05, 0.1) is 11.0 Å². The van der Waals surface area contributed by atoms with Crippen LogP contribution in [0.25, 0.3) is 94.7 Å². The van der Waals surface area contributed by atoms with E-state index >= 15 is 0 Å². The monoisotopic (exact) mass is 722 g/mol. The van der Waals surface area contributed by atoms with Crippen molar-refractivity contribution in [3.8, 4) is 51.0 Å². The summed E-state index contributed by atoms with van der Waals surface area (Å²) >= 11 is 0. The Morgan fingerprint density at radius 3 is 1.80 bits per heavy atom. The second-order valence-corrected chi connectivity index (χ2v) is 15.0. The molecule has 5 nitrogen and oxygen atoms in total. The SMILES string of the molecule is c1ccc(-c2nc(-c3ccccc3)nc(-c3cccc4oc5ccc(-c6ccc7c(c6)c6ccccc6n7-c6ccc(C7CCCCC7)cc6)cc5c34)n2)cc1. The molecule has 0 aliphatic heterocycles. The van der Waals surface area contributed by atoms with Gasteiger partial charge in [-0.1, -0.05) is 135 Å². The number of aromatic nitrogens is 4. The predicted octanol–water partition coefficient (Wildman–Crippen LogP) is 13.6. The van der Waals surface area contributed by atoms with Crippen molar-refractivity contribution in [2.24, 2.45) is 0 Å². The molecule has 0 bridgehead atoms. The molecule has 0 atom stereocenters. The molecule has 3 heterocycles. The molecular weight excluding hydrogens is 685 g/mol. The highest BCUT2D eigenvalue weighted by atomic mass is 16.3. The van der Waals surface area contributed by atoms with Crippen LogP contribution in [0.2, 0.25) is 0 Å². The molecular formula is C51H38N4O. The third kappa shape index (κ3) is 5.58. The summed E-state index contributed by atoms with van der Waals surface area (Å²) in [5, 5.41) is 4.50.